The third-order valence-electron chi connectivity index (χ3n) is 10.6. The largest absolute Gasteiger partial charge is 0.491 e. The van der Waals surface area contributed by atoms with Crippen LogP contribution < -0.4 is 9.47 Å². The van der Waals surface area contributed by atoms with Crippen molar-refractivity contribution >= 4 is 21.5 Å². The van der Waals surface area contributed by atoms with E-state index in [1.54, 1.807) is 0 Å². The van der Waals surface area contributed by atoms with Crippen molar-refractivity contribution in [3.8, 4) is 56.0 Å². The smallest absolute Gasteiger partial charge is 0.127 e. The summed E-state index contributed by atoms with van der Waals surface area (Å²) in [4.78, 5) is 0. The molecule has 0 radical (unpaired) electrons. The normalized spacial score (nSPS) is 11.6. The third-order valence-corrected chi connectivity index (χ3v) is 10.6. The van der Waals surface area contributed by atoms with E-state index in [1.165, 1.54) is 33.0 Å². The van der Waals surface area contributed by atoms with Crippen molar-refractivity contribution in [2.24, 2.45) is 0 Å². The maximum absolute atomic E-state index is 9.65. The summed E-state index contributed by atoms with van der Waals surface area (Å²) < 4.78 is 12.2. The molecule has 0 aliphatic heterocycles. The first-order chi connectivity index (χ1) is 26.9. The standard InChI is InChI=1S/C51H44O4/c1-51(2,45-21-23-49(54-27-25-52)47(33-45)43-19-17-39-29-37(13-15-41(39)31-43)35-9-5-3-6-10-35)46-22-24-50(55-28-26-53)48(34-46)44-20-18-40-30-38(14-16-42(40)32-44)36-11-7-4-8-12-36/h3-24,29-34,52-53H,25-28H2,1-2H3. The fourth-order valence-corrected chi connectivity index (χ4v) is 7.47. The Balaban J connectivity index is 1.17. The van der Waals surface area contributed by atoms with Gasteiger partial charge in [-0.25, -0.2) is 0 Å². The van der Waals surface area contributed by atoms with E-state index in [0.717, 1.165) is 55.7 Å². The van der Waals surface area contributed by atoms with Crippen LogP contribution in [0.5, 0.6) is 11.5 Å². The molecule has 0 aliphatic carbocycles. The molecule has 0 heterocycles. The Bertz CT molecular complexity index is 2410. The minimum Gasteiger partial charge on any atom is -0.491 e. The van der Waals surface area contributed by atoms with Crippen LogP contribution in [0.25, 0.3) is 66.1 Å². The lowest BCUT2D eigenvalue weighted by atomic mass is 9.76. The van der Waals surface area contributed by atoms with E-state index in [1.807, 2.05) is 24.3 Å². The Kier molecular flexibility index (Phi) is 10.2. The van der Waals surface area contributed by atoms with Gasteiger partial charge in [0.25, 0.3) is 0 Å². The number of rotatable bonds is 12. The lowest BCUT2D eigenvalue weighted by molar-refractivity contribution is 0.202. The predicted molar refractivity (Wildman–Crippen MR) is 227 cm³/mol. The second-order valence-corrected chi connectivity index (χ2v) is 14.5. The molecule has 8 aromatic rings. The monoisotopic (exact) mass is 720 g/mol. The lowest BCUT2D eigenvalue weighted by Crippen LogP contribution is -2.19. The summed E-state index contributed by atoms with van der Waals surface area (Å²) in [6.07, 6.45) is 0. The Morgan fingerprint density at radius 1 is 0.382 bits per heavy atom. The first-order valence-corrected chi connectivity index (χ1v) is 18.9. The molecular weight excluding hydrogens is 677 g/mol. The van der Waals surface area contributed by atoms with E-state index in [-0.39, 0.29) is 26.4 Å². The number of hydrogen-bond acceptors (Lipinski definition) is 4. The van der Waals surface area contributed by atoms with Crippen molar-refractivity contribution in [3.63, 3.8) is 0 Å². The predicted octanol–water partition coefficient (Wildman–Crippen LogP) is 11.7. The van der Waals surface area contributed by atoms with Crippen LogP contribution in [-0.4, -0.2) is 36.6 Å². The summed E-state index contributed by atoms with van der Waals surface area (Å²) in [5.41, 5.74) is 10.6. The molecule has 2 N–H and O–H groups in total. The second kappa shape index (κ2) is 15.6. The van der Waals surface area contributed by atoms with Gasteiger partial charge in [0.2, 0.25) is 0 Å². The Labute approximate surface area is 322 Å². The van der Waals surface area contributed by atoms with Gasteiger partial charge in [0.05, 0.1) is 13.2 Å². The average Bonchev–Trinajstić information content (AvgIpc) is 3.24. The van der Waals surface area contributed by atoms with Gasteiger partial charge < -0.3 is 19.7 Å². The first kappa shape index (κ1) is 35.8. The molecule has 8 rings (SSSR count). The quantitative estimate of drug-likeness (QED) is 0.132. The Morgan fingerprint density at radius 2 is 0.745 bits per heavy atom. The van der Waals surface area contributed by atoms with Crippen LogP contribution in [0.15, 0.2) is 170 Å². The zero-order valence-electron chi connectivity index (χ0n) is 31.2. The van der Waals surface area contributed by atoms with Gasteiger partial charge in [0.15, 0.2) is 0 Å². The average molecular weight is 721 g/mol. The van der Waals surface area contributed by atoms with Crippen LogP contribution in [0.2, 0.25) is 0 Å². The molecule has 0 bridgehead atoms. The Hall–Kier alpha value is -6.20. The van der Waals surface area contributed by atoms with Crippen molar-refractivity contribution in [2.45, 2.75) is 19.3 Å². The molecule has 55 heavy (non-hydrogen) atoms. The van der Waals surface area contributed by atoms with Gasteiger partial charge in [0.1, 0.15) is 24.7 Å². The highest BCUT2D eigenvalue weighted by molar-refractivity contribution is 5.93. The van der Waals surface area contributed by atoms with E-state index in [2.05, 4.69) is 159 Å². The van der Waals surface area contributed by atoms with Gasteiger partial charge in [-0.3, -0.25) is 0 Å². The van der Waals surface area contributed by atoms with Crippen LogP contribution in [0.4, 0.5) is 0 Å². The van der Waals surface area contributed by atoms with Crippen LogP contribution in [0, 0.1) is 0 Å². The maximum Gasteiger partial charge on any atom is 0.127 e. The van der Waals surface area contributed by atoms with Gasteiger partial charge in [-0.1, -0.05) is 135 Å². The molecule has 0 spiro atoms. The molecule has 8 aromatic carbocycles. The molecule has 4 nitrogen and oxygen atoms in total. The number of benzene rings is 8. The molecule has 0 saturated carbocycles. The summed E-state index contributed by atoms with van der Waals surface area (Å²) >= 11 is 0. The van der Waals surface area contributed by atoms with Crippen molar-refractivity contribution in [1.29, 1.82) is 0 Å². The maximum atomic E-state index is 9.65. The molecule has 0 atom stereocenters. The van der Waals surface area contributed by atoms with Gasteiger partial charge in [-0.2, -0.15) is 0 Å². The molecule has 0 aromatic heterocycles. The summed E-state index contributed by atoms with van der Waals surface area (Å²) in [5.74, 6) is 1.46. The zero-order valence-corrected chi connectivity index (χ0v) is 31.2. The molecule has 4 heteroatoms. The van der Waals surface area contributed by atoms with Gasteiger partial charge in [-0.15, -0.1) is 0 Å². The van der Waals surface area contributed by atoms with E-state index < -0.39 is 5.41 Å². The fourth-order valence-electron chi connectivity index (χ4n) is 7.47. The fraction of sp³-hybridized carbons (Fsp3) is 0.137. The number of ether oxygens (including phenoxy) is 2. The van der Waals surface area contributed by atoms with Crippen molar-refractivity contribution < 1.29 is 19.7 Å². The van der Waals surface area contributed by atoms with Crippen LogP contribution in [-0.2, 0) is 5.41 Å². The van der Waals surface area contributed by atoms with E-state index in [4.69, 9.17) is 9.47 Å². The Morgan fingerprint density at radius 3 is 1.13 bits per heavy atom. The number of aliphatic hydroxyl groups excluding tert-OH is 2. The van der Waals surface area contributed by atoms with Crippen molar-refractivity contribution in [3.05, 3.63) is 181 Å². The first-order valence-electron chi connectivity index (χ1n) is 18.9. The number of fused-ring (bicyclic) bond motifs is 2. The van der Waals surface area contributed by atoms with Gasteiger partial charge in [0, 0.05) is 16.5 Å². The SMILES string of the molecule is CC(C)(c1ccc(OCCO)c(-c2ccc3cc(-c4ccccc4)ccc3c2)c1)c1ccc(OCCO)c(-c2ccc3cc(-c4ccccc4)ccc3c2)c1. The minimum absolute atomic E-state index is 0.0664. The highest BCUT2D eigenvalue weighted by Gasteiger charge is 2.26. The minimum atomic E-state index is -0.405. The van der Waals surface area contributed by atoms with Crippen LogP contribution >= 0.6 is 0 Å². The zero-order chi connectivity index (χ0) is 37.8. The molecule has 0 saturated heterocycles. The third kappa shape index (κ3) is 7.48. The topological polar surface area (TPSA) is 58.9 Å². The second-order valence-electron chi connectivity index (χ2n) is 14.5. The van der Waals surface area contributed by atoms with Crippen molar-refractivity contribution in [2.75, 3.05) is 26.4 Å². The van der Waals surface area contributed by atoms with E-state index in [9.17, 15) is 10.2 Å². The summed E-state index contributed by atoms with van der Waals surface area (Å²) in [7, 11) is 0. The number of hydrogen-bond donors (Lipinski definition) is 2. The molecule has 0 aliphatic rings. The van der Waals surface area contributed by atoms with Crippen LogP contribution in [0.1, 0.15) is 25.0 Å². The highest BCUT2D eigenvalue weighted by Crippen LogP contribution is 2.42. The highest BCUT2D eigenvalue weighted by atomic mass is 16.5. The lowest BCUT2D eigenvalue weighted by Gasteiger charge is -2.28. The molecule has 272 valence electrons. The van der Waals surface area contributed by atoms with E-state index >= 15 is 0 Å². The molecular formula is C51H44O4. The summed E-state index contributed by atoms with van der Waals surface area (Å²) in [6, 6.07) is 59.9. The molecule has 0 fully saturated rings. The van der Waals surface area contributed by atoms with Crippen LogP contribution in [0.3, 0.4) is 0 Å². The molecule has 0 amide bonds. The van der Waals surface area contributed by atoms with Gasteiger partial charge >= 0.3 is 0 Å². The number of aliphatic hydroxyl groups is 2. The molecule has 0 unspecified atom stereocenters. The summed E-state index contributed by atoms with van der Waals surface area (Å²) in [5, 5.41) is 23.9. The van der Waals surface area contributed by atoms with E-state index in [0.29, 0.717) is 0 Å². The van der Waals surface area contributed by atoms with Crippen molar-refractivity contribution in [1.82, 2.24) is 0 Å². The summed E-state index contributed by atoms with van der Waals surface area (Å²) in [6.45, 7) is 4.77. The van der Waals surface area contributed by atoms with Gasteiger partial charge in [-0.05, 0) is 115 Å².